The number of hydrogen-bond donors (Lipinski definition) is 1. The number of benzene rings is 1. The molecule has 0 saturated carbocycles. The average Bonchev–Trinajstić information content (AvgIpc) is 3.26. The molecule has 0 aliphatic carbocycles. The fourth-order valence-corrected chi connectivity index (χ4v) is 6.98. The minimum absolute atomic E-state index is 0.187. The van der Waals surface area contributed by atoms with Gasteiger partial charge in [0.1, 0.15) is 22.7 Å². The monoisotopic (exact) mass is 880 g/mol. The number of aromatic nitrogens is 5. The minimum atomic E-state index is -0.606. The van der Waals surface area contributed by atoms with Crippen molar-refractivity contribution in [2.24, 2.45) is 0 Å². The van der Waals surface area contributed by atoms with Crippen LogP contribution in [0.15, 0.2) is 109 Å². The van der Waals surface area contributed by atoms with E-state index in [1.54, 1.807) is 24.3 Å². The standard InChI is InChI=1S/C50H56N8O7/c1-34-12-8-14-38(51-34)28-57(29-39-15-9-13-35(2)52-39)32-42-26-44(64-25-24-36-20-22-37(23-21-36)56-49(61)65-50(3,4)5)27-43(53-42)33-58(30-40-16-10-18-45(54-40)47(59)62-6)31-41-17-11-19-46(55-41)48(60)63-7/h8-23,26-27H,24-25,28-33H2,1-7H3,(H,56,61). The maximum absolute atomic E-state index is 12.5. The van der Waals surface area contributed by atoms with E-state index in [0.29, 0.717) is 80.8 Å². The summed E-state index contributed by atoms with van der Waals surface area (Å²) in [6.45, 7) is 12.3. The van der Waals surface area contributed by atoms with Gasteiger partial charge in [0.2, 0.25) is 0 Å². The van der Waals surface area contributed by atoms with Crippen molar-refractivity contribution >= 4 is 23.7 Å². The zero-order chi connectivity index (χ0) is 46.3. The van der Waals surface area contributed by atoms with Crippen LogP contribution in [-0.4, -0.2) is 79.2 Å². The molecule has 1 N–H and O–H groups in total. The van der Waals surface area contributed by atoms with Crippen LogP contribution in [-0.2, 0) is 59.9 Å². The molecule has 0 atom stereocenters. The number of esters is 2. The third kappa shape index (κ3) is 15.3. The van der Waals surface area contributed by atoms with E-state index in [2.05, 4.69) is 25.1 Å². The Morgan fingerprint density at radius 2 is 0.985 bits per heavy atom. The first kappa shape index (κ1) is 47.4. The SMILES string of the molecule is COC(=O)c1cccc(CN(Cc2cc(OCCc3ccc(NC(=O)OC(C)(C)C)cc3)cc(CN(Cc3cccc(C)n3)Cc3cccc(C)n3)n2)Cc2cccc(C(=O)OC)n2)n1. The van der Waals surface area contributed by atoms with E-state index in [1.807, 2.05) is 120 Å². The molecule has 1 aromatic carbocycles. The number of hydrogen-bond acceptors (Lipinski definition) is 14. The molecule has 0 saturated heterocycles. The molecule has 5 aromatic heterocycles. The van der Waals surface area contributed by atoms with Crippen molar-refractivity contribution < 1.29 is 33.3 Å². The van der Waals surface area contributed by atoms with E-state index in [0.717, 1.165) is 34.0 Å². The molecule has 0 aliphatic heterocycles. The van der Waals surface area contributed by atoms with E-state index in [4.69, 9.17) is 33.9 Å². The Labute approximate surface area is 380 Å². The Morgan fingerprint density at radius 3 is 1.42 bits per heavy atom. The van der Waals surface area contributed by atoms with E-state index in [-0.39, 0.29) is 11.4 Å². The fraction of sp³-hybridized carbons (Fsp3) is 0.320. The molecular weight excluding hydrogens is 825 g/mol. The summed E-state index contributed by atoms with van der Waals surface area (Å²) in [4.78, 5) is 65.6. The van der Waals surface area contributed by atoms with E-state index in [9.17, 15) is 14.4 Å². The van der Waals surface area contributed by atoms with Crippen LogP contribution in [0.3, 0.4) is 0 Å². The molecule has 65 heavy (non-hydrogen) atoms. The fourth-order valence-electron chi connectivity index (χ4n) is 6.98. The van der Waals surface area contributed by atoms with Crippen LogP contribution in [0.5, 0.6) is 5.75 Å². The Hall–Kier alpha value is -7.10. The van der Waals surface area contributed by atoms with Gasteiger partial charge in [-0.1, -0.05) is 36.4 Å². The first-order valence-electron chi connectivity index (χ1n) is 21.3. The first-order chi connectivity index (χ1) is 31.2. The Bertz CT molecular complexity index is 2450. The van der Waals surface area contributed by atoms with Crippen molar-refractivity contribution in [1.29, 1.82) is 0 Å². The first-order valence-corrected chi connectivity index (χ1v) is 21.3. The van der Waals surface area contributed by atoms with Crippen LogP contribution in [0.25, 0.3) is 0 Å². The van der Waals surface area contributed by atoms with Crippen LogP contribution in [0.2, 0.25) is 0 Å². The predicted octanol–water partition coefficient (Wildman–Crippen LogP) is 8.22. The third-order valence-electron chi connectivity index (χ3n) is 9.77. The molecule has 0 aliphatic rings. The van der Waals surface area contributed by atoms with Crippen molar-refractivity contribution in [1.82, 2.24) is 34.7 Å². The number of carbonyl (C=O) groups excluding carboxylic acids is 3. The predicted molar refractivity (Wildman–Crippen MR) is 245 cm³/mol. The molecule has 338 valence electrons. The van der Waals surface area contributed by atoms with Gasteiger partial charge in [0.05, 0.1) is 55.0 Å². The van der Waals surface area contributed by atoms with Gasteiger partial charge in [0.25, 0.3) is 0 Å². The number of anilines is 1. The number of methoxy groups -OCH3 is 2. The number of aryl methyl sites for hydroxylation is 2. The normalized spacial score (nSPS) is 11.3. The Kier molecular flexibility index (Phi) is 16.4. The summed E-state index contributed by atoms with van der Waals surface area (Å²) in [7, 11) is 2.64. The molecule has 6 rings (SSSR count). The highest BCUT2D eigenvalue weighted by molar-refractivity contribution is 5.87. The Morgan fingerprint density at radius 1 is 0.554 bits per heavy atom. The second-order valence-corrected chi connectivity index (χ2v) is 16.6. The summed E-state index contributed by atoms with van der Waals surface area (Å²) in [6, 6.07) is 33.9. The highest BCUT2D eigenvalue weighted by Gasteiger charge is 2.19. The minimum Gasteiger partial charge on any atom is -0.493 e. The lowest BCUT2D eigenvalue weighted by Crippen LogP contribution is -2.27. The van der Waals surface area contributed by atoms with Crippen LogP contribution in [0.1, 0.15) is 92.9 Å². The molecule has 15 heteroatoms. The summed E-state index contributed by atoms with van der Waals surface area (Å²) in [6.07, 6.45) is 0.0812. The van der Waals surface area contributed by atoms with Gasteiger partial charge < -0.3 is 18.9 Å². The maximum atomic E-state index is 12.5. The van der Waals surface area contributed by atoms with Crippen molar-refractivity contribution in [3.8, 4) is 5.75 Å². The molecule has 1 amide bonds. The van der Waals surface area contributed by atoms with Crippen molar-refractivity contribution in [2.45, 2.75) is 85.9 Å². The molecular formula is C50H56N8O7. The number of nitrogens with one attached hydrogen (secondary N) is 1. The summed E-state index contributed by atoms with van der Waals surface area (Å²) in [5.74, 6) is -0.449. The molecule has 6 aromatic rings. The third-order valence-corrected chi connectivity index (χ3v) is 9.77. The zero-order valence-electron chi connectivity index (χ0n) is 38.0. The number of amides is 1. The lowest BCUT2D eigenvalue weighted by molar-refractivity contribution is 0.0585. The van der Waals surface area contributed by atoms with Gasteiger partial charge in [0.15, 0.2) is 0 Å². The van der Waals surface area contributed by atoms with Crippen molar-refractivity contribution in [2.75, 3.05) is 26.1 Å². The summed E-state index contributed by atoms with van der Waals surface area (Å²) in [5.41, 5.74) is 7.85. The van der Waals surface area contributed by atoms with Gasteiger partial charge in [-0.05, 0) is 101 Å². The second kappa shape index (κ2) is 22.5. The van der Waals surface area contributed by atoms with Gasteiger partial charge in [-0.25, -0.2) is 24.4 Å². The van der Waals surface area contributed by atoms with E-state index < -0.39 is 23.6 Å². The van der Waals surface area contributed by atoms with Crippen LogP contribution < -0.4 is 10.1 Å². The van der Waals surface area contributed by atoms with Gasteiger partial charge >= 0.3 is 18.0 Å². The van der Waals surface area contributed by atoms with Crippen molar-refractivity contribution in [3.63, 3.8) is 0 Å². The number of pyridine rings is 5. The highest BCUT2D eigenvalue weighted by Crippen LogP contribution is 2.22. The maximum Gasteiger partial charge on any atom is 0.412 e. The zero-order valence-corrected chi connectivity index (χ0v) is 38.0. The van der Waals surface area contributed by atoms with Crippen LogP contribution in [0, 0.1) is 13.8 Å². The number of ether oxygens (including phenoxy) is 4. The van der Waals surface area contributed by atoms with Crippen LogP contribution in [0.4, 0.5) is 10.5 Å². The lowest BCUT2D eigenvalue weighted by atomic mass is 10.1. The molecule has 0 radical (unpaired) electrons. The quantitative estimate of drug-likeness (QED) is 0.0609. The smallest absolute Gasteiger partial charge is 0.412 e. The Balaban J connectivity index is 1.31. The molecule has 15 nitrogen and oxygen atoms in total. The topological polar surface area (TPSA) is 171 Å². The number of rotatable bonds is 19. The molecule has 0 bridgehead atoms. The van der Waals surface area contributed by atoms with Gasteiger partial charge in [-0.2, -0.15) is 0 Å². The van der Waals surface area contributed by atoms with E-state index >= 15 is 0 Å². The van der Waals surface area contributed by atoms with Gasteiger partial charge in [-0.3, -0.25) is 30.1 Å². The second-order valence-electron chi connectivity index (χ2n) is 16.6. The van der Waals surface area contributed by atoms with Gasteiger partial charge in [-0.15, -0.1) is 0 Å². The molecule has 0 spiro atoms. The van der Waals surface area contributed by atoms with Gasteiger partial charge in [0, 0.05) is 74.9 Å². The van der Waals surface area contributed by atoms with E-state index in [1.165, 1.54) is 14.2 Å². The van der Waals surface area contributed by atoms with Crippen molar-refractivity contribution in [3.05, 3.63) is 172 Å². The summed E-state index contributed by atoms with van der Waals surface area (Å²) < 4.78 is 21.8. The largest absolute Gasteiger partial charge is 0.493 e. The molecule has 0 fully saturated rings. The number of carbonyl (C=O) groups is 3. The van der Waals surface area contributed by atoms with Crippen LogP contribution >= 0.6 is 0 Å². The number of nitrogens with zero attached hydrogens (tertiary/aromatic N) is 7. The molecule has 5 heterocycles. The summed E-state index contributed by atoms with van der Waals surface area (Å²) >= 11 is 0. The average molecular weight is 881 g/mol. The lowest BCUT2D eigenvalue weighted by Gasteiger charge is -2.24. The molecule has 0 unspecified atom stereocenters. The highest BCUT2D eigenvalue weighted by atomic mass is 16.6. The summed E-state index contributed by atoms with van der Waals surface area (Å²) in [5, 5.41) is 2.77.